The molecule has 0 saturated heterocycles. The van der Waals surface area contributed by atoms with E-state index in [9.17, 15) is 22.7 Å². The summed E-state index contributed by atoms with van der Waals surface area (Å²) in [5, 5.41) is 10.0. The second-order valence-corrected chi connectivity index (χ2v) is 4.90. The van der Waals surface area contributed by atoms with Crippen LogP contribution < -0.4 is 0 Å². The number of rotatable bonds is 2. The molecule has 0 unspecified atom stereocenters. The molecule has 0 amide bonds. The molecule has 0 atom stereocenters. The van der Waals surface area contributed by atoms with Gasteiger partial charge in [-0.05, 0) is 30.0 Å². The lowest BCUT2D eigenvalue weighted by atomic mass is 9.98. The lowest BCUT2D eigenvalue weighted by Crippen LogP contribution is -2.07. The van der Waals surface area contributed by atoms with Crippen molar-refractivity contribution in [3.05, 3.63) is 47.8 Å². The molecule has 0 spiro atoms. The molecule has 0 aliphatic rings. The van der Waals surface area contributed by atoms with Crippen molar-refractivity contribution in [1.82, 2.24) is 0 Å². The van der Waals surface area contributed by atoms with Crippen molar-refractivity contribution in [2.24, 2.45) is 0 Å². The quantitative estimate of drug-likeness (QED) is 0.626. The summed E-state index contributed by atoms with van der Waals surface area (Å²) in [6.07, 6.45) is -2.97. The first kappa shape index (κ1) is 14.7. The molecule has 0 bridgehead atoms. The Morgan fingerprint density at radius 2 is 1.70 bits per heavy atom. The summed E-state index contributed by atoms with van der Waals surface area (Å²) in [5.74, 6) is -1.05. The smallest absolute Gasteiger partial charge is 0.417 e. The molecule has 1 nitrogen and oxygen atoms in total. The fraction of sp³-hybridized carbons (Fsp3) is 0.143. The lowest BCUT2D eigenvalue weighted by molar-refractivity contribution is -0.137. The Balaban J connectivity index is 2.73. The van der Waals surface area contributed by atoms with Gasteiger partial charge in [0.1, 0.15) is 11.6 Å². The molecule has 0 aliphatic heterocycles. The molecular formula is C14H10F4OS. The second kappa shape index (κ2) is 5.36. The topological polar surface area (TPSA) is 20.2 Å². The van der Waals surface area contributed by atoms with Gasteiger partial charge >= 0.3 is 6.18 Å². The largest absolute Gasteiger partial charge is 0.506 e. The number of benzene rings is 2. The van der Waals surface area contributed by atoms with Gasteiger partial charge < -0.3 is 5.11 Å². The third-order valence-electron chi connectivity index (χ3n) is 2.78. The molecule has 20 heavy (non-hydrogen) atoms. The minimum Gasteiger partial charge on any atom is -0.506 e. The highest BCUT2D eigenvalue weighted by Crippen LogP contribution is 2.43. The van der Waals surface area contributed by atoms with E-state index in [4.69, 9.17) is 0 Å². The zero-order valence-corrected chi connectivity index (χ0v) is 11.1. The van der Waals surface area contributed by atoms with Crippen molar-refractivity contribution in [2.45, 2.75) is 11.1 Å². The molecule has 0 saturated carbocycles. The van der Waals surface area contributed by atoms with Gasteiger partial charge in [0.2, 0.25) is 0 Å². The predicted molar refractivity (Wildman–Crippen MR) is 70.3 cm³/mol. The summed E-state index contributed by atoms with van der Waals surface area (Å²) in [7, 11) is 0. The molecule has 0 heterocycles. The number of alkyl halides is 3. The first-order valence-electron chi connectivity index (χ1n) is 5.57. The Morgan fingerprint density at radius 1 is 1.05 bits per heavy atom. The van der Waals surface area contributed by atoms with E-state index < -0.39 is 17.6 Å². The summed E-state index contributed by atoms with van der Waals surface area (Å²) in [6, 6.07) is 6.75. The molecule has 1 N–H and O–H groups in total. The average molecular weight is 302 g/mol. The highest BCUT2D eigenvalue weighted by molar-refractivity contribution is 7.98. The van der Waals surface area contributed by atoms with Gasteiger partial charge in [0.25, 0.3) is 0 Å². The van der Waals surface area contributed by atoms with E-state index in [1.165, 1.54) is 18.2 Å². The van der Waals surface area contributed by atoms with E-state index in [1.807, 2.05) is 0 Å². The van der Waals surface area contributed by atoms with Crippen LogP contribution in [0.1, 0.15) is 5.56 Å². The zero-order valence-electron chi connectivity index (χ0n) is 10.3. The first-order chi connectivity index (χ1) is 9.34. The Morgan fingerprint density at radius 3 is 2.30 bits per heavy atom. The van der Waals surface area contributed by atoms with Gasteiger partial charge in [0.15, 0.2) is 0 Å². The normalized spacial score (nSPS) is 11.7. The molecule has 2 aromatic rings. The van der Waals surface area contributed by atoms with Crippen molar-refractivity contribution < 1.29 is 22.7 Å². The van der Waals surface area contributed by atoms with Crippen LogP contribution in [0, 0.1) is 5.82 Å². The number of aromatic hydroxyl groups is 1. The van der Waals surface area contributed by atoms with E-state index in [0.29, 0.717) is 0 Å². The van der Waals surface area contributed by atoms with Gasteiger partial charge in [-0.15, -0.1) is 11.8 Å². The molecule has 0 radical (unpaired) electrons. The van der Waals surface area contributed by atoms with E-state index >= 15 is 0 Å². The SMILES string of the molecule is CSc1cc(F)cc(-c2ccccc2C(F)(F)F)c1O. The maximum absolute atomic E-state index is 13.5. The third-order valence-corrected chi connectivity index (χ3v) is 3.53. The Labute approximate surface area is 117 Å². The van der Waals surface area contributed by atoms with Crippen LogP contribution in [0.2, 0.25) is 0 Å². The molecule has 2 aromatic carbocycles. The molecule has 2 rings (SSSR count). The van der Waals surface area contributed by atoms with Crippen molar-refractivity contribution >= 4 is 11.8 Å². The molecule has 6 heteroatoms. The van der Waals surface area contributed by atoms with E-state index in [1.54, 1.807) is 6.26 Å². The molecule has 106 valence electrons. The number of halogens is 4. The fourth-order valence-electron chi connectivity index (χ4n) is 1.90. The fourth-order valence-corrected chi connectivity index (χ4v) is 2.43. The minimum atomic E-state index is -4.57. The maximum Gasteiger partial charge on any atom is 0.417 e. The highest BCUT2D eigenvalue weighted by Gasteiger charge is 2.34. The maximum atomic E-state index is 13.5. The number of hydrogen-bond acceptors (Lipinski definition) is 2. The van der Waals surface area contributed by atoms with Crippen LogP contribution in [0.4, 0.5) is 17.6 Å². The predicted octanol–water partition coefficient (Wildman–Crippen LogP) is 4.94. The average Bonchev–Trinajstić information content (AvgIpc) is 2.40. The third kappa shape index (κ3) is 2.75. The minimum absolute atomic E-state index is 0.165. The van der Waals surface area contributed by atoms with Gasteiger partial charge in [-0.3, -0.25) is 0 Å². The molecule has 0 aromatic heterocycles. The standard InChI is InChI=1S/C14H10F4OS/c1-20-12-7-8(15)6-10(13(12)19)9-4-2-3-5-11(9)14(16,17)18/h2-7,19H,1H3. The van der Waals surface area contributed by atoms with Gasteiger partial charge in [0.05, 0.1) is 10.5 Å². The number of hydrogen-bond donors (Lipinski definition) is 1. The van der Waals surface area contributed by atoms with Gasteiger partial charge in [0, 0.05) is 5.56 Å². The highest BCUT2D eigenvalue weighted by atomic mass is 32.2. The van der Waals surface area contributed by atoms with Crippen LogP contribution in [0.3, 0.4) is 0 Å². The van der Waals surface area contributed by atoms with Crippen LogP contribution in [0.5, 0.6) is 5.75 Å². The molecular weight excluding hydrogens is 292 g/mol. The Kier molecular flexibility index (Phi) is 3.94. The van der Waals surface area contributed by atoms with E-state index in [-0.39, 0.29) is 21.8 Å². The van der Waals surface area contributed by atoms with Gasteiger partial charge in [-0.2, -0.15) is 13.2 Å². The van der Waals surface area contributed by atoms with Crippen LogP contribution in [0.15, 0.2) is 41.3 Å². The second-order valence-electron chi connectivity index (χ2n) is 4.05. The molecule has 0 fully saturated rings. The van der Waals surface area contributed by atoms with Crippen LogP contribution in [-0.2, 0) is 6.18 Å². The number of thioether (sulfide) groups is 1. The lowest BCUT2D eigenvalue weighted by Gasteiger charge is -2.15. The number of phenols is 1. The summed E-state index contributed by atoms with van der Waals surface area (Å²) in [4.78, 5) is 0.192. The summed E-state index contributed by atoms with van der Waals surface area (Å²) in [6.45, 7) is 0. The summed E-state index contributed by atoms with van der Waals surface area (Å²) < 4.78 is 52.4. The van der Waals surface area contributed by atoms with Gasteiger partial charge in [-0.25, -0.2) is 4.39 Å². The zero-order chi connectivity index (χ0) is 14.9. The van der Waals surface area contributed by atoms with Gasteiger partial charge in [-0.1, -0.05) is 18.2 Å². The van der Waals surface area contributed by atoms with Crippen LogP contribution in [0.25, 0.3) is 11.1 Å². The summed E-state index contributed by atoms with van der Waals surface area (Å²) in [5.41, 5.74) is -1.32. The van der Waals surface area contributed by atoms with Crippen molar-refractivity contribution in [2.75, 3.05) is 6.26 Å². The first-order valence-corrected chi connectivity index (χ1v) is 6.80. The van der Waals surface area contributed by atoms with Crippen molar-refractivity contribution in [3.8, 4) is 16.9 Å². The Bertz CT molecular complexity index is 638. The number of phenolic OH excluding ortho intramolecular Hbond substituents is 1. The Hall–Kier alpha value is -1.69. The van der Waals surface area contributed by atoms with Crippen LogP contribution >= 0.6 is 11.8 Å². The van der Waals surface area contributed by atoms with E-state index in [0.717, 1.165) is 30.0 Å². The van der Waals surface area contributed by atoms with E-state index in [2.05, 4.69) is 0 Å². The monoisotopic (exact) mass is 302 g/mol. The van der Waals surface area contributed by atoms with Crippen molar-refractivity contribution in [1.29, 1.82) is 0 Å². The summed E-state index contributed by atoms with van der Waals surface area (Å²) >= 11 is 1.06. The molecule has 0 aliphatic carbocycles. The van der Waals surface area contributed by atoms with Crippen LogP contribution in [-0.4, -0.2) is 11.4 Å². The van der Waals surface area contributed by atoms with Crippen molar-refractivity contribution in [3.63, 3.8) is 0 Å².